The van der Waals surface area contributed by atoms with Crippen molar-refractivity contribution in [3.63, 3.8) is 0 Å². The van der Waals surface area contributed by atoms with E-state index in [-0.39, 0.29) is 0 Å². The first-order chi connectivity index (χ1) is 3.97. The van der Waals surface area contributed by atoms with Gasteiger partial charge in [-0.25, -0.2) is 0 Å². The quantitative estimate of drug-likeness (QED) is 0.421. The van der Waals surface area contributed by atoms with Crippen molar-refractivity contribution in [2.45, 2.75) is 0 Å². The SMILES string of the molecule is C1=NCN2C=NCN12. The molecule has 0 saturated heterocycles. The number of aliphatic imine (C=N–C) groups is 2. The molecule has 2 rings (SSSR count). The minimum Gasteiger partial charge on any atom is -0.250 e. The van der Waals surface area contributed by atoms with E-state index in [4.69, 9.17) is 0 Å². The van der Waals surface area contributed by atoms with Gasteiger partial charge in [-0.3, -0.25) is 20.0 Å². The van der Waals surface area contributed by atoms with Gasteiger partial charge >= 0.3 is 0 Å². The van der Waals surface area contributed by atoms with Crippen molar-refractivity contribution in [1.82, 2.24) is 10.0 Å². The molecular weight excluding hydrogens is 104 g/mol. The van der Waals surface area contributed by atoms with Crippen molar-refractivity contribution < 1.29 is 0 Å². The zero-order valence-electron chi connectivity index (χ0n) is 4.36. The van der Waals surface area contributed by atoms with Crippen LogP contribution < -0.4 is 0 Å². The smallest absolute Gasteiger partial charge is 0.132 e. The molecule has 4 heteroatoms. The Labute approximate surface area is 47.1 Å². The Morgan fingerprint density at radius 2 is 1.50 bits per heavy atom. The molecule has 0 unspecified atom stereocenters. The Balaban J connectivity index is 2.20. The van der Waals surface area contributed by atoms with Gasteiger partial charge < -0.3 is 0 Å². The van der Waals surface area contributed by atoms with E-state index in [0.717, 1.165) is 13.3 Å². The van der Waals surface area contributed by atoms with Crippen LogP contribution in [0.5, 0.6) is 0 Å². The monoisotopic (exact) mass is 110 g/mol. The highest BCUT2D eigenvalue weighted by atomic mass is 15.7. The summed E-state index contributed by atoms with van der Waals surface area (Å²) in [4.78, 5) is 8.01. The Morgan fingerprint density at radius 1 is 1.00 bits per heavy atom. The van der Waals surface area contributed by atoms with E-state index in [1.165, 1.54) is 0 Å². The molecule has 2 heterocycles. The summed E-state index contributed by atoms with van der Waals surface area (Å²) in [7, 11) is 0. The molecule has 0 aliphatic carbocycles. The molecule has 0 saturated carbocycles. The van der Waals surface area contributed by atoms with Gasteiger partial charge in [0.25, 0.3) is 0 Å². The summed E-state index contributed by atoms with van der Waals surface area (Å²) in [6.45, 7) is 1.48. The zero-order chi connectivity index (χ0) is 5.40. The Hall–Kier alpha value is -1.06. The van der Waals surface area contributed by atoms with Crippen molar-refractivity contribution in [3.8, 4) is 0 Å². The predicted molar refractivity (Wildman–Crippen MR) is 30.4 cm³/mol. The van der Waals surface area contributed by atoms with E-state index in [2.05, 4.69) is 9.98 Å². The highest BCUT2D eigenvalue weighted by molar-refractivity contribution is 5.67. The first kappa shape index (κ1) is 3.88. The van der Waals surface area contributed by atoms with E-state index in [1.807, 2.05) is 10.0 Å². The maximum absolute atomic E-state index is 4.00. The summed E-state index contributed by atoms with van der Waals surface area (Å²) >= 11 is 0. The summed E-state index contributed by atoms with van der Waals surface area (Å²) in [6.07, 6.45) is 3.60. The van der Waals surface area contributed by atoms with Crippen LogP contribution in [-0.4, -0.2) is 36.0 Å². The molecule has 2 aliphatic heterocycles. The fourth-order valence-corrected chi connectivity index (χ4v) is 0.797. The predicted octanol–water partition coefficient (Wildman–Crippen LogP) is -0.496. The van der Waals surface area contributed by atoms with Crippen LogP contribution in [0.2, 0.25) is 0 Å². The summed E-state index contributed by atoms with van der Waals surface area (Å²) in [5.74, 6) is 0. The molecule has 0 amide bonds. The minimum atomic E-state index is 0.740. The first-order valence-corrected chi connectivity index (χ1v) is 2.50. The third kappa shape index (κ3) is 0.344. The lowest BCUT2D eigenvalue weighted by Gasteiger charge is -2.14. The molecule has 0 aromatic carbocycles. The molecule has 8 heavy (non-hydrogen) atoms. The molecule has 4 nitrogen and oxygen atoms in total. The molecule has 2 aliphatic rings. The van der Waals surface area contributed by atoms with Gasteiger partial charge in [0.05, 0.1) is 0 Å². The molecule has 0 radical (unpaired) electrons. The van der Waals surface area contributed by atoms with E-state index in [0.29, 0.717) is 0 Å². The van der Waals surface area contributed by atoms with E-state index < -0.39 is 0 Å². The average molecular weight is 110 g/mol. The maximum atomic E-state index is 4.00. The number of fused-ring (bicyclic) bond motifs is 1. The molecule has 0 aromatic heterocycles. The second-order valence-electron chi connectivity index (χ2n) is 1.76. The second kappa shape index (κ2) is 1.21. The van der Waals surface area contributed by atoms with Gasteiger partial charge in [0.2, 0.25) is 0 Å². The van der Waals surface area contributed by atoms with Crippen LogP contribution in [0.4, 0.5) is 0 Å². The topological polar surface area (TPSA) is 31.2 Å². The van der Waals surface area contributed by atoms with Gasteiger partial charge in [-0.15, -0.1) is 0 Å². The van der Waals surface area contributed by atoms with E-state index >= 15 is 0 Å². The highest BCUT2D eigenvalue weighted by Gasteiger charge is 2.16. The molecule has 0 aromatic rings. The Kier molecular flexibility index (Phi) is 0.588. The van der Waals surface area contributed by atoms with Gasteiger partial charge in [0, 0.05) is 0 Å². The number of nitrogens with zero attached hydrogens (tertiary/aromatic N) is 4. The van der Waals surface area contributed by atoms with Crippen molar-refractivity contribution in [2.24, 2.45) is 9.98 Å². The number of hydrogen-bond donors (Lipinski definition) is 0. The molecule has 0 fully saturated rings. The third-order valence-electron chi connectivity index (χ3n) is 1.21. The maximum Gasteiger partial charge on any atom is 0.132 e. The fraction of sp³-hybridized carbons (Fsp3) is 0.500. The average Bonchev–Trinajstić information content (AvgIpc) is 2.15. The molecule has 0 spiro atoms. The van der Waals surface area contributed by atoms with Crippen molar-refractivity contribution in [1.29, 1.82) is 0 Å². The van der Waals surface area contributed by atoms with Crippen molar-refractivity contribution >= 4 is 12.7 Å². The molecule has 42 valence electrons. The van der Waals surface area contributed by atoms with Crippen LogP contribution in [-0.2, 0) is 0 Å². The van der Waals surface area contributed by atoms with Crippen LogP contribution in [0.15, 0.2) is 9.98 Å². The number of hydrogen-bond acceptors (Lipinski definition) is 4. The zero-order valence-corrected chi connectivity index (χ0v) is 4.36. The summed E-state index contributed by atoms with van der Waals surface area (Å²) < 4.78 is 0. The van der Waals surface area contributed by atoms with Gasteiger partial charge in [-0.2, -0.15) is 0 Å². The lowest BCUT2D eigenvalue weighted by atomic mass is 11.0. The largest absolute Gasteiger partial charge is 0.250 e. The second-order valence-corrected chi connectivity index (χ2v) is 1.76. The summed E-state index contributed by atoms with van der Waals surface area (Å²) in [6, 6.07) is 0. The minimum absolute atomic E-state index is 0.740. The number of hydrazine groups is 1. The van der Waals surface area contributed by atoms with Crippen LogP contribution in [0, 0.1) is 0 Å². The Bertz CT molecular complexity index is 132. The van der Waals surface area contributed by atoms with Crippen LogP contribution in [0.1, 0.15) is 0 Å². The van der Waals surface area contributed by atoms with Gasteiger partial charge in [0.1, 0.15) is 26.0 Å². The van der Waals surface area contributed by atoms with Gasteiger partial charge in [0.15, 0.2) is 0 Å². The summed E-state index contributed by atoms with van der Waals surface area (Å²) in [5, 5.41) is 3.92. The van der Waals surface area contributed by atoms with Crippen LogP contribution in [0.3, 0.4) is 0 Å². The van der Waals surface area contributed by atoms with Crippen LogP contribution in [0.25, 0.3) is 0 Å². The molecule has 0 bridgehead atoms. The van der Waals surface area contributed by atoms with Crippen molar-refractivity contribution in [2.75, 3.05) is 13.3 Å². The normalized spacial score (nSPS) is 23.0. The molecular formula is C4H6N4. The Morgan fingerprint density at radius 3 is 2.00 bits per heavy atom. The summed E-state index contributed by atoms with van der Waals surface area (Å²) in [5.41, 5.74) is 0. The third-order valence-corrected chi connectivity index (χ3v) is 1.21. The fourth-order valence-electron chi connectivity index (χ4n) is 0.797. The lowest BCUT2D eigenvalue weighted by Crippen LogP contribution is -2.30. The number of rotatable bonds is 0. The van der Waals surface area contributed by atoms with Crippen LogP contribution >= 0.6 is 0 Å². The standard InChI is InChI=1S/C4H6N4/c1-5-2-8-4-6-3-7(1)8/h1,4H,2-3H2. The lowest BCUT2D eigenvalue weighted by molar-refractivity contribution is 0.205. The van der Waals surface area contributed by atoms with Gasteiger partial charge in [-0.1, -0.05) is 0 Å². The first-order valence-electron chi connectivity index (χ1n) is 2.50. The molecule has 0 atom stereocenters. The van der Waals surface area contributed by atoms with Crippen molar-refractivity contribution in [3.05, 3.63) is 0 Å². The highest BCUT2D eigenvalue weighted by Crippen LogP contribution is 2.04. The molecule has 0 N–H and O–H groups in total. The van der Waals surface area contributed by atoms with Gasteiger partial charge in [-0.05, 0) is 0 Å². The van der Waals surface area contributed by atoms with E-state index in [9.17, 15) is 0 Å². The van der Waals surface area contributed by atoms with E-state index in [1.54, 1.807) is 12.7 Å².